The molecule has 1 aromatic heterocycles. The summed E-state index contributed by atoms with van der Waals surface area (Å²) in [5, 5.41) is 18.1. The molecule has 0 bridgehead atoms. The van der Waals surface area contributed by atoms with Crippen LogP contribution in [-0.4, -0.2) is 33.2 Å². The second kappa shape index (κ2) is 6.51. The normalized spacial score (nSPS) is 11.6. The Kier molecular flexibility index (Phi) is 4.50. The number of rotatable bonds is 6. The number of nitrogens with zero attached hydrogens (tertiary/aromatic N) is 1. The number of H-pyrrole nitrogens is 1. The summed E-state index contributed by atoms with van der Waals surface area (Å²) in [5.41, 5.74) is 1.66. The molecule has 0 spiro atoms. The fourth-order valence-electron chi connectivity index (χ4n) is 1.91. The van der Waals surface area contributed by atoms with E-state index in [2.05, 4.69) is 22.1 Å². The number of hydrogen-bond acceptors (Lipinski definition) is 3. The van der Waals surface area contributed by atoms with Crippen molar-refractivity contribution in [3.8, 4) is 11.3 Å². The lowest BCUT2D eigenvalue weighted by Gasteiger charge is -2.12. The van der Waals surface area contributed by atoms with Crippen LogP contribution in [-0.2, 0) is 4.79 Å². The fourth-order valence-corrected chi connectivity index (χ4v) is 1.91. The molecule has 0 saturated heterocycles. The topological polar surface area (TPSA) is 95.1 Å². The van der Waals surface area contributed by atoms with Gasteiger partial charge < -0.3 is 10.4 Å². The van der Waals surface area contributed by atoms with Crippen LogP contribution < -0.4 is 5.32 Å². The molecule has 1 heterocycles. The van der Waals surface area contributed by atoms with Gasteiger partial charge in [-0.3, -0.25) is 9.89 Å². The van der Waals surface area contributed by atoms with Crippen molar-refractivity contribution < 1.29 is 14.7 Å². The second-order valence-electron chi connectivity index (χ2n) is 4.41. The molecule has 0 aliphatic carbocycles. The van der Waals surface area contributed by atoms with E-state index in [4.69, 9.17) is 5.11 Å². The summed E-state index contributed by atoms with van der Waals surface area (Å²) in [6.07, 6.45) is 2.98. The first-order valence-electron chi connectivity index (χ1n) is 6.37. The molecular weight excluding hydrogens is 270 g/mol. The van der Waals surface area contributed by atoms with Crippen LogP contribution in [0.3, 0.4) is 0 Å². The predicted octanol–water partition coefficient (Wildman–Crippen LogP) is 1.84. The van der Waals surface area contributed by atoms with Gasteiger partial charge in [0.25, 0.3) is 5.91 Å². The van der Waals surface area contributed by atoms with Crippen molar-refractivity contribution in [2.24, 2.45) is 0 Å². The van der Waals surface area contributed by atoms with Gasteiger partial charge >= 0.3 is 5.97 Å². The number of carboxylic acid groups (broad SMARTS) is 1. The zero-order valence-electron chi connectivity index (χ0n) is 11.2. The molecule has 0 saturated carbocycles. The molecule has 108 valence electrons. The molecule has 1 aromatic carbocycles. The average Bonchev–Trinajstić information content (AvgIpc) is 2.97. The van der Waals surface area contributed by atoms with Gasteiger partial charge in [0, 0.05) is 5.56 Å². The summed E-state index contributed by atoms with van der Waals surface area (Å²) in [5.74, 6) is -1.59. The molecule has 0 fully saturated rings. The Bertz CT molecular complexity index is 649. The van der Waals surface area contributed by atoms with E-state index < -0.39 is 17.9 Å². The molecule has 1 atom stereocenters. The van der Waals surface area contributed by atoms with Crippen molar-refractivity contribution in [2.75, 3.05) is 0 Å². The second-order valence-corrected chi connectivity index (χ2v) is 4.41. The summed E-state index contributed by atoms with van der Waals surface area (Å²) < 4.78 is 0. The van der Waals surface area contributed by atoms with Crippen molar-refractivity contribution in [3.63, 3.8) is 0 Å². The molecule has 6 heteroatoms. The third-order valence-corrected chi connectivity index (χ3v) is 2.95. The number of hydrogen-bond donors (Lipinski definition) is 3. The number of aromatic amines is 1. The lowest BCUT2D eigenvalue weighted by atomic mass is 10.1. The molecule has 0 aliphatic heterocycles. The van der Waals surface area contributed by atoms with Gasteiger partial charge in [0.05, 0.1) is 17.5 Å². The smallest absolute Gasteiger partial charge is 0.326 e. The number of nitrogens with one attached hydrogen (secondary N) is 2. The van der Waals surface area contributed by atoms with Gasteiger partial charge in [-0.05, 0) is 6.42 Å². The summed E-state index contributed by atoms with van der Waals surface area (Å²) in [4.78, 5) is 23.3. The van der Waals surface area contributed by atoms with Crippen molar-refractivity contribution in [3.05, 3.63) is 54.7 Å². The number of carbonyl (C=O) groups excluding carboxylic acids is 1. The molecule has 21 heavy (non-hydrogen) atoms. The van der Waals surface area contributed by atoms with E-state index in [9.17, 15) is 9.59 Å². The Balaban J connectivity index is 2.23. The Labute approximate surface area is 121 Å². The van der Waals surface area contributed by atoms with Crippen LogP contribution in [0.5, 0.6) is 0 Å². The zero-order chi connectivity index (χ0) is 15.2. The summed E-state index contributed by atoms with van der Waals surface area (Å²) >= 11 is 0. The molecule has 0 radical (unpaired) electrons. The minimum Gasteiger partial charge on any atom is -0.480 e. The van der Waals surface area contributed by atoms with Gasteiger partial charge in [-0.1, -0.05) is 36.4 Å². The van der Waals surface area contributed by atoms with Gasteiger partial charge in [-0.2, -0.15) is 5.10 Å². The Morgan fingerprint density at radius 2 is 2.10 bits per heavy atom. The molecule has 1 amide bonds. The van der Waals surface area contributed by atoms with Crippen LogP contribution in [0.4, 0.5) is 0 Å². The molecule has 1 unspecified atom stereocenters. The van der Waals surface area contributed by atoms with Crippen LogP contribution >= 0.6 is 0 Å². The van der Waals surface area contributed by atoms with E-state index in [-0.39, 0.29) is 6.42 Å². The Hall–Kier alpha value is -2.89. The molecule has 6 nitrogen and oxygen atoms in total. The van der Waals surface area contributed by atoms with Crippen LogP contribution in [0, 0.1) is 0 Å². The van der Waals surface area contributed by atoms with Gasteiger partial charge in [0.15, 0.2) is 0 Å². The highest BCUT2D eigenvalue weighted by Gasteiger charge is 2.22. The van der Waals surface area contributed by atoms with E-state index in [1.165, 1.54) is 12.3 Å². The van der Waals surface area contributed by atoms with E-state index in [1.54, 1.807) is 0 Å². The van der Waals surface area contributed by atoms with Crippen molar-refractivity contribution in [1.82, 2.24) is 15.5 Å². The van der Waals surface area contributed by atoms with Crippen molar-refractivity contribution >= 4 is 11.9 Å². The first-order chi connectivity index (χ1) is 10.1. The van der Waals surface area contributed by atoms with Gasteiger partial charge in [-0.15, -0.1) is 6.58 Å². The number of carbonyl (C=O) groups is 2. The maximum atomic E-state index is 12.2. The maximum Gasteiger partial charge on any atom is 0.326 e. The number of amides is 1. The summed E-state index contributed by atoms with van der Waals surface area (Å²) in [7, 11) is 0. The molecular formula is C15H15N3O3. The lowest BCUT2D eigenvalue weighted by Crippen LogP contribution is -2.40. The van der Waals surface area contributed by atoms with Crippen LogP contribution in [0.15, 0.2) is 49.2 Å². The van der Waals surface area contributed by atoms with Crippen molar-refractivity contribution in [2.45, 2.75) is 12.5 Å². The van der Waals surface area contributed by atoms with E-state index in [0.717, 1.165) is 5.56 Å². The third kappa shape index (κ3) is 3.36. The van der Waals surface area contributed by atoms with Crippen LogP contribution in [0.2, 0.25) is 0 Å². The first-order valence-corrected chi connectivity index (χ1v) is 6.37. The minimum atomic E-state index is -1.10. The first kappa shape index (κ1) is 14.5. The SMILES string of the molecule is C=CCC(NC(=O)c1cn[nH]c1-c1ccccc1)C(=O)O. The number of aliphatic carboxylic acids is 1. The fraction of sp³-hybridized carbons (Fsp3) is 0.133. The standard InChI is InChI=1S/C15H15N3O3/c1-2-6-12(15(20)21)17-14(19)11-9-16-18-13(11)10-7-4-3-5-8-10/h2-5,7-9,12H,1,6H2,(H,16,18)(H,17,19)(H,20,21). The minimum absolute atomic E-state index is 0.152. The van der Waals surface area contributed by atoms with Gasteiger partial charge in [-0.25, -0.2) is 4.79 Å². The lowest BCUT2D eigenvalue weighted by molar-refractivity contribution is -0.139. The zero-order valence-corrected chi connectivity index (χ0v) is 11.2. The maximum absolute atomic E-state index is 12.2. The molecule has 2 rings (SSSR count). The highest BCUT2D eigenvalue weighted by Crippen LogP contribution is 2.20. The van der Waals surface area contributed by atoms with E-state index in [1.807, 2.05) is 30.3 Å². The molecule has 0 aliphatic rings. The van der Waals surface area contributed by atoms with E-state index in [0.29, 0.717) is 11.3 Å². The van der Waals surface area contributed by atoms with Gasteiger partial charge in [0.2, 0.25) is 0 Å². The number of carboxylic acids is 1. The largest absolute Gasteiger partial charge is 0.480 e. The van der Waals surface area contributed by atoms with Crippen LogP contribution in [0.1, 0.15) is 16.8 Å². The summed E-state index contributed by atoms with van der Waals surface area (Å²) in [6, 6.07) is 8.22. The number of aromatic nitrogens is 2. The van der Waals surface area contributed by atoms with Crippen LogP contribution in [0.25, 0.3) is 11.3 Å². The number of benzene rings is 1. The highest BCUT2D eigenvalue weighted by atomic mass is 16.4. The Morgan fingerprint density at radius 3 is 2.71 bits per heavy atom. The summed E-state index contributed by atoms with van der Waals surface area (Å²) in [6.45, 7) is 3.48. The average molecular weight is 285 g/mol. The Morgan fingerprint density at radius 1 is 1.38 bits per heavy atom. The van der Waals surface area contributed by atoms with E-state index >= 15 is 0 Å². The van der Waals surface area contributed by atoms with Gasteiger partial charge in [0.1, 0.15) is 6.04 Å². The molecule has 2 aromatic rings. The molecule has 3 N–H and O–H groups in total. The third-order valence-electron chi connectivity index (χ3n) is 2.95. The highest BCUT2D eigenvalue weighted by molar-refractivity contribution is 6.01. The monoisotopic (exact) mass is 285 g/mol. The predicted molar refractivity (Wildman–Crippen MR) is 77.7 cm³/mol. The van der Waals surface area contributed by atoms with Crippen molar-refractivity contribution in [1.29, 1.82) is 0 Å². The quantitative estimate of drug-likeness (QED) is 0.706.